The number of ether oxygens (including phenoxy) is 3. The molecule has 0 bridgehead atoms. The van der Waals surface area contributed by atoms with E-state index in [1.165, 1.54) is 16.2 Å². The zero-order valence-electron chi connectivity index (χ0n) is 21.6. The topological polar surface area (TPSA) is 98.2 Å². The number of anilines is 1. The predicted octanol–water partition coefficient (Wildman–Crippen LogP) is 6.53. The number of benzene rings is 3. The van der Waals surface area contributed by atoms with Crippen molar-refractivity contribution in [1.29, 1.82) is 0 Å². The van der Waals surface area contributed by atoms with E-state index in [0.717, 1.165) is 17.5 Å². The van der Waals surface area contributed by atoms with Crippen molar-refractivity contribution >= 4 is 55.7 Å². The van der Waals surface area contributed by atoms with E-state index < -0.39 is 17.7 Å². The van der Waals surface area contributed by atoms with Gasteiger partial charge in [0.1, 0.15) is 24.7 Å². The molecule has 1 amide bonds. The van der Waals surface area contributed by atoms with E-state index in [1.807, 2.05) is 0 Å². The molecule has 0 aliphatic carbocycles. The highest BCUT2D eigenvalue weighted by molar-refractivity contribution is 7.22. The van der Waals surface area contributed by atoms with Crippen LogP contribution in [0.25, 0.3) is 16.0 Å². The zero-order valence-corrected chi connectivity index (χ0v) is 23.1. The second-order valence-electron chi connectivity index (χ2n) is 9.41. The van der Waals surface area contributed by atoms with Crippen LogP contribution in [0.4, 0.5) is 5.13 Å². The number of hydrogen-bond donors (Lipinski definition) is 1. The minimum Gasteiger partial charge on any atom is -0.507 e. The molecular formula is C30H25ClN2O6S. The van der Waals surface area contributed by atoms with Crippen LogP contribution in [0.15, 0.2) is 66.2 Å². The number of rotatable bonds is 7. The summed E-state index contributed by atoms with van der Waals surface area (Å²) in [6, 6.07) is 16.4. The molecule has 4 aromatic rings. The first-order valence-corrected chi connectivity index (χ1v) is 14.1. The Hall–Kier alpha value is -4.08. The van der Waals surface area contributed by atoms with Gasteiger partial charge in [-0.2, -0.15) is 0 Å². The third-order valence-electron chi connectivity index (χ3n) is 6.77. The molecule has 2 aliphatic rings. The molecule has 8 nitrogen and oxygen atoms in total. The van der Waals surface area contributed by atoms with Crippen molar-refractivity contribution < 1.29 is 28.9 Å². The van der Waals surface area contributed by atoms with Gasteiger partial charge in [-0.05, 0) is 60.5 Å². The average molecular weight is 577 g/mol. The van der Waals surface area contributed by atoms with Gasteiger partial charge < -0.3 is 19.3 Å². The van der Waals surface area contributed by atoms with Crippen LogP contribution in [0.2, 0.25) is 5.02 Å². The van der Waals surface area contributed by atoms with Crippen LogP contribution in [0.3, 0.4) is 0 Å². The van der Waals surface area contributed by atoms with Gasteiger partial charge in [0.05, 0.1) is 28.4 Å². The fraction of sp³-hybridized carbons (Fsp3) is 0.233. The Labute approximate surface area is 239 Å². The first-order valence-electron chi connectivity index (χ1n) is 12.9. The lowest BCUT2D eigenvalue weighted by molar-refractivity contribution is -0.132. The van der Waals surface area contributed by atoms with Crippen molar-refractivity contribution in [2.75, 3.05) is 24.7 Å². The SMILES string of the molecule is CCCCOc1ccc(C2/C(=C(/O)c3ccc4c(c3)OCCO4)C(=O)C(=O)N2c2nc3ccc(Cl)cc3s2)cc1. The first kappa shape index (κ1) is 26.2. The van der Waals surface area contributed by atoms with Crippen LogP contribution in [-0.4, -0.2) is 41.6 Å². The first-order chi connectivity index (χ1) is 19.4. The van der Waals surface area contributed by atoms with Gasteiger partial charge in [0.15, 0.2) is 16.6 Å². The summed E-state index contributed by atoms with van der Waals surface area (Å²) in [5.74, 6) is -0.217. The summed E-state index contributed by atoms with van der Waals surface area (Å²) < 4.78 is 17.8. The van der Waals surface area contributed by atoms with Gasteiger partial charge in [-0.15, -0.1) is 0 Å². The lowest BCUT2D eigenvalue weighted by atomic mass is 9.95. The van der Waals surface area contributed by atoms with Crippen LogP contribution < -0.4 is 19.1 Å². The van der Waals surface area contributed by atoms with Crippen LogP contribution in [0, 0.1) is 0 Å². The largest absolute Gasteiger partial charge is 0.507 e. The number of Topliss-reactive ketones (excluding diaryl/α,β-unsaturated/α-hetero) is 1. The van der Waals surface area contributed by atoms with E-state index in [1.54, 1.807) is 60.7 Å². The molecule has 2 aliphatic heterocycles. The Morgan fingerprint density at radius 1 is 1.07 bits per heavy atom. The number of ketones is 1. The van der Waals surface area contributed by atoms with Crippen molar-refractivity contribution in [2.45, 2.75) is 25.8 Å². The van der Waals surface area contributed by atoms with Gasteiger partial charge in [0.2, 0.25) is 0 Å². The average Bonchev–Trinajstić information content (AvgIpc) is 3.50. The Morgan fingerprint density at radius 2 is 1.85 bits per heavy atom. The molecule has 0 radical (unpaired) electrons. The third-order valence-corrected chi connectivity index (χ3v) is 8.02. The smallest absolute Gasteiger partial charge is 0.301 e. The normalized spacial score (nSPS) is 17.9. The number of carbonyl (C=O) groups is 2. The number of aromatic nitrogens is 1. The van der Waals surface area contributed by atoms with Crippen molar-refractivity contribution in [3.63, 3.8) is 0 Å². The lowest BCUT2D eigenvalue weighted by Gasteiger charge is -2.23. The molecule has 1 atom stereocenters. The highest BCUT2D eigenvalue weighted by Crippen LogP contribution is 2.45. The van der Waals surface area contributed by atoms with E-state index in [0.29, 0.717) is 63.9 Å². The minimum absolute atomic E-state index is 0.0429. The summed E-state index contributed by atoms with van der Waals surface area (Å²) in [7, 11) is 0. The molecular weight excluding hydrogens is 552 g/mol. The van der Waals surface area contributed by atoms with Gasteiger partial charge in [0.25, 0.3) is 5.78 Å². The lowest BCUT2D eigenvalue weighted by Crippen LogP contribution is -2.29. The van der Waals surface area contributed by atoms with Gasteiger partial charge in [0, 0.05) is 10.6 Å². The van der Waals surface area contributed by atoms with Crippen molar-refractivity contribution in [3.05, 3.63) is 82.4 Å². The molecule has 0 saturated carbocycles. The maximum absolute atomic E-state index is 13.6. The Bertz CT molecular complexity index is 1650. The van der Waals surface area contributed by atoms with Crippen molar-refractivity contribution in [1.82, 2.24) is 4.98 Å². The number of carbonyl (C=O) groups excluding carboxylic acids is 2. The summed E-state index contributed by atoms with van der Waals surface area (Å²) in [5, 5.41) is 12.4. The monoisotopic (exact) mass is 576 g/mol. The van der Waals surface area contributed by atoms with Crippen molar-refractivity contribution in [2.24, 2.45) is 0 Å². The number of thiazole rings is 1. The van der Waals surface area contributed by atoms with Crippen molar-refractivity contribution in [3.8, 4) is 17.2 Å². The number of fused-ring (bicyclic) bond motifs is 2. The van der Waals surface area contributed by atoms with Crippen LogP contribution >= 0.6 is 22.9 Å². The number of hydrogen-bond acceptors (Lipinski definition) is 8. The number of nitrogens with zero attached hydrogens (tertiary/aromatic N) is 2. The summed E-state index contributed by atoms with van der Waals surface area (Å²) in [5.41, 5.74) is 1.57. The van der Waals surface area contributed by atoms with Crippen LogP contribution in [0.1, 0.15) is 36.9 Å². The summed E-state index contributed by atoms with van der Waals surface area (Å²) >= 11 is 7.43. The maximum Gasteiger partial charge on any atom is 0.301 e. The summed E-state index contributed by atoms with van der Waals surface area (Å²) in [4.78, 5) is 33.1. The van der Waals surface area contributed by atoms with Gasteiger partial charge >= 0.3 is 5.91 Å². The Kier molecular flexibility index (Phi) is 7.08. The number of amides is 1. The van der Waals surface area contributed by atoms with Gasteiger partial charge in [-0.3, -0.25) is 14.5 Å². The highest BCUT2D eigenvalue weighted by atomic mass is 35.5. The zero-order chi connectivity index (χ0) is 27.8. The van der Waals surface area contributed by atoms with E-state index in [-0.39, 0.29) is 11.3 Å². The standard InChI is InChI=1S/C30H25ClN2O6S/c1-2-3-12-37-20-8-4-17(5-9-20)26-25(27(34)18-6-11-22-23(15-18)39-14-13-38-22)28(35)29(36)33(26)30-32-21-10-7-19(31)16-24(21)40-30/h4-11,15-16,26,34H,2-3,12-14H2,1H3/b27-25-. The fourth-order valence-corrected chi connectivity index (χ4v) is 6.03. The van der Waals surface area contributed by atoms with E-state index in [4.69, 9.17) is 25.8 Å². The Balaban J connectivity index is 1.47. The molecule has 40 heavy (non-hydrogen) atoms. The summed E-state index contributed by atoms with van der Waals surface area (Å²) in [6.45, 7) is 3.48. The van der Waals surface area contributed by atoms with E-state index in [2.05, 4.69) is 11.9 Å². The highest BCUT2D eigenvalue weighted by Gasteiger charge is 2.48. The molecule has 1 saturated heterocycles. The molecule has 1 unspecified atom stereocenters. The summed E-state index contributed by atoms with van der Waals surface area (Å²) in [6.07, 6.45) is 1.94. The minimum atomic E-state index is -0.922. The second-order valence-corrected chi connectivity index (χ2v) is 10.9. The molecule has 10 heteroatoms. The number of halogens is 1. The third kappa shape index (κ3) is 4.76. The molecule has 0 spiro atoms. The molecule has 1 N–H and O–H groups in total. The van der Waals surface area contributed by atoms with Gasteiger partial charge in [-0.25, -0.2) is 4.98 Å². The predicted molar refractivity (Wildman–Crippen MR) is 154 cm³/mol. The fourth-order valence-electron chi connectivity index (χ4n) is 4.76. The molecule has 1 fully saturated rings. The van der Waals surface area contributed by atoms with Crippen LogP contribution in [0.5, 0.6) is 17.2 Å². The van der Waals surface area contributed by atoms with E-state index >= 15 is 0 Å². The van der Waals surface area contributed by atoms with E-state index in [9.17, 15) is 14.7 Å². The Morgan fingerprint density at radius 3 is 2.62 bits per heavy atom. The molecule has 1 aromatic heterocycles. The molecule has 3 aromatic carbocycles. The quantitative estimate of drug-likeness (QED) is 0.116. The molecule has 204 valence electrons. The molecule has 6 rings (SSSR count). The van der Waals surface area contributed by atoms with Crippen LogP contribution in [-0.2, 0) is 9.59 Å². The second kappa shape index (κ2) is 10.8. The number of aliphatic hydroxyl groups is 1. The number of aliphatic hydroxyl groups excluding tert-OH is 1. The number of unbranched alkanes of at least 4 members (excludes halogenated alkanes) is 1. The molecule has 3 heterocycles. The van der Waals surface area contributed by atoms with Gasteiger partial charge in [-0.1, -0.05) is 48.4 Å². The maximum atomic E-state index is 13.6.